The van der Waals surface area contributed by atoms with Gasteiger partial charge in [-0.25, -0.2) is 23.1 Å². The first-order valence-electron chi connectivity index (χ1n) is 12.0. The molecule has 2 aliphatic rings. The minimum atomic E-state index is -3.45. The van der Waals surface area contributed by atoms with Crippen molar-refractivity contribution in [2.75, 3.05) is 29.9 Å². The zero-order valence-electron chi connectivity index (χ0n) is 18.8. The molecular formula is C25H31N5O2S. The maximum atomic E-state index is 12.6. The highest BCUT2D eigenvalue weighted by Gasteiger charge is 2.23. The van der Waals surface area contributed by atoms with Crippen LogP contribution in [0.5, 0.6) is 0 Å². The van der Waals surface area contributed by atoms with E-state index in [-0.39, 0.29) is 6.04 Å². The van der Waals surface area contributed by atoms with Crippen molar-refractivity contribution in [1.82, 2.24) is 14.7 Å². The molecule has 3 aromatic rings. The molecule has 1 aromatic heterocycles. The van der Waals surface area contributed by atoms with E-state index >= 15 is 0 Å². The van der Waals surface area contributed by atoms with Gasteiger partial charge in [0.15, 0.2) is 11.6 Å². The summed E-state index contributed by atoms with van der Waals surface area (Å²) in [5.74, 6) is 1.74. The highest BCUT2D eigenvalue weighted by atomic mass is 32.2. The van der Waals surface area contributed by atoms with Crippen molar-refractivity contribution >= 4 is 32.7 Å². The molecule has 2 fully saturated rings. The van der Waals surface area contributed by atoms with E-state index in [1.807, 2.05) is 36.4 Å². The maximum absolute atomic E-state index is 12.6. The Morgan fingerprint density at radius 1 is 0.879 bits per heavy atom. The quantitative estimate of drug-likeness (QED) is 0.521. The van der Waals surface area contributed by atoms with Crippen molar-refractivity contribution < 1.29 is 8.42 Å². The van der Waals surface area contributed by atoms with E-state index in [9.17, 15) is 8.42 Å². The molecule has 2 heterocycles. The second-order valence-electron chi connectivity index (χ2n) is 9.00. The van der Waals surface area contributed by atoms with E-state index in [1.54, 1.807) is 12.1 Å². The van der Waals surface area contributed by atoms with E-state index < -0.39 is 10.0 Å². The summed E-state index contributed by atoms with van der Waals surface area (Å²) in [5.41, 5.74) is 2.87. The third-order valence-corrected chi connectivity index (χ3v) is 8.11. The fourth-order valence-electron chi connectivity index (χ4n) is 4.75. The molecular weight excluding hydrogens is 434 g/mol. The first-order chi connectivity index (χ1) is 16.1. The second-order valence-corrected chi connectivity index (χ2v) is 10.7. The number of rotatable bonds is 8. The normalized spacial score (nSPS) is 17.2. The predicted molar refractivity (Wildman–Crippen MR) is 132 cm³/mol. The van der Waals surface area contributed by atoms with Crippen LogP contribution >= 0.6 is 0 Å². The molecule has 1 aliphatic heterocycles. The number of benzene rings is 2. The molecule has 1 aliphatic carbocycles. The lowest BCUT2D eigenvalue weighted by molar-refractivity contribution is 0.552. The molecule has 174 valence electrons. The zero-order chi connectivity index (χ0) is 22.7. The molecule has 0 spiro atoms. The fourth-order valence-corrected chi connectivity index (χ4v) is 6.06. The lowest BCUT2D eigenvalue weighted by Gasteiger charge is -2.20. The van der Waals surface area contributed by atoms with Crippen molar-refractivity contribution in [3.05, 3.63) is 54.1 Å². The fraction of sp³-hybridized carbons (Fsp3) is 0.440. The first kappa shape index (κ1) is 22.1. The van der Waals surface area contributed by atoms with E-state index in [4.69, 9.17) is 9.97 Å². The zero-order valence-corrected chi connectivity index (χ0v) is 19.7. The summed E-state index contributed by atoms with van der Waals surface area (Å²) in [6, 6.07) is 15.3. The van der Waals surface area contributed by atoms with Crippen LogP contribution in [-0.2, 0) is 16.4 Å². The molecule has 0 radical (unpaired) electrons. The summed E-state index contributed by atoms with van der Waals surface area (Å²) in [6.45, 7) is 2.71. The van der Waals surface area contributed by atoms with Gasteiger partial charge in [0.1, 0.15) is 0 Å². The molecule has 2 aromatic carbocycles. The Morgan fingerprint density at radius 3 is 2.24 bits per heavy atom. The Kier molecular flexibility index (Phi) is 6.46. The Bertz CT molecular complexity index is 1200. The number of nitrogens with one attached hydrogen (secondary N) is 2. The number of para-hydroxylation sites is 2. The lowest BCUT2D eigenvalue weighted by atomic mass is 10.1. The highest BCUT2D eigenvalue weighted by molar-refractivity contribution is 7.89. The minimum absolute atomic E-state index is 0.0757. The molecule has 1 saturated heterocycles. The van der Waals surface area contributed by atoms with Crippen molar-refractivity contribution in [2.45, 2.75) is 55.9 Å². The van der Waals surface area contributed by atoms with Crippen LogP contribution < -0.4 is 14.9 Å². The Hall–Kier alpha value is -2.71. The summed E-state index contributed by atoms with van der Waals surface area (Å²) >= 11 is 0. The number of hydrogen-bond donors (Lipinski definition) is 2. The summed E-state index contributed by atoms with van der Waals surface area (Å²) in [6.07, 6.45) is 7.18. The topological polar surface area (TPSA) is 87.2 Å². The number of hydrogen-bond acceptors (Lipinski definition) is 6. The standard InChI is InChI=1S/C25H31N5O2S/c31-33(32,29-20-7-1-2-8-20)21-13-11-19(12-14-21)15-16-26-24-25(30-17-5-6-18-30)28-23-10-4-3-9-22(23)27-24/h3-4,9-14,20,29H,1-2,5-8,15-18H2,(H,26,27). The monoisotopic (exact) mass is 465 g/mol. The van der Waals surface area contributed by atoms with Crippen LogP contribution in [0.2, 0.25) is 0 Å². The maximum Gasteiger partial charge on any atom is 0.240 e. The molecule has 0 unspecified atom stereocenters. The van der Waals surface area contributed by atoms with E-state index in [2.05, 4.69) is 14.9 Å². The molecule has 0 bridgehead atoms. The molecule has 33 heavy (non-hydrogen) atoms. The van der Waals surface area contributed by atoms with Gasteiger partial charge in [0.25, 0.3) is 0 Å². The smallest absolute Gasteiger partial charge is 0.240 e. The van der Waals surface area contributed by atoms with Gasteiger partial charge in [-0.15, -0.1) is 0 Å². The Balaban J connectivity index is 1.25. The number of sulfonamides is 1. The lowest BCUT2D eigenvalue weighted by Crippen LogP contribution is -2.32. The van der Waals surface area contributed by atoms with Crippen LogP contribution in [-0.4, -0.2) is 44.1 Å². The van der Waals surface area contributed by atoms with Crippen LogP contribution in [0.25, 0.3) is 11.0 Å². The molecule has 5 rings (SSSR count). The van der Waals surface area contributed by atoms with Gasteiger partial charge in [0, 0.05) is 25.7 Å². The average Bonchev–Trinajstić information content (AvgIpc) is 3.53. The third kappa shape index (κ3) is 5.12. The van der Waals surface area contributed by atoms with Crippen LogP contribution in [0, 0.1) is 0 Å². The van der Waals surface area contributed by atoms with Gasteiger partial charge in [-0.1, -0.05) is 37.1 Å². The summed E-state index contributed by atoms with van der Waals surface area (Å²) in [5, 5.41) is 3.48. The number of aromatic nitrogens is 2. The van der Waals surface area contributed by atoms with Crippen molar-refractivity contribution in [3.8, 4) is 0 Å². The van der Waals surface area contributed by atoms with Gasteiger partial charge >= 0.3 is 0 Å². The highest BCUT2D eigenvalue weighted by Crippen LogP contribution is 2.28. The molecule has 0 atom stereocenters. The molecule has 8 heteroatoms. The number of fused-ring (bicyclic) bond motifs is 1. The van der Waals surface area contributed by atoms with Gasteiger partial charge in [0.05, 0.1) is 15.9 Å². The van der Waals surface area contributed by atoms with Crippen LogP contribution in [0.3, 0.4) is 0 Å². The van der Waals surface area contributed by atoms with E-state index in [1.165, 1.54) is 12.8 Å². The summed E-state index contributed by atoms with van der Waals surface area (Å²) in [4.78, 5) is 12.4. The first-order valence-corrected chi connectivity index (χ1v) is 13.4. The minimum Gasteiger partial charge on any atom is -0.367 e. The van der Waals surface area contributed by atoms with E-state index in [0.717, 1.165) is 73.4 Å². The van der Waals surface area contributed by atoms with E-state index in [0.29, 0.717) is 11.4 Å². The third-order valence-electron chi connectivity index (χ3n) is 6.57. The average molecular weight is 466 g/mol. The SMILES string of the molecule is O=S(=O)(NC1CCCC1)c1ccc(CCNc2nc3ccccc3nc2N2CCCC2)cc1. The van der Waals surface area contributed by atoms with Gasteiger partial charge in [-0.05, 0) is 61.9 Å². The van der Waals surface area contributed by atoms with Gasteiger partial charge in [0.2, 0.25) is 10.0 Å². The van der Waals surface area contributed by atoms with Crippen molar-refractivity contribution in [1.29, 1.82) is 0 Å². The van der Waals surface area contributed by atoms with Crippen molar-refractivity contribution in [2.24, 2.45) is 0 Å². The molecule has 2 N–H and O–H groups in total. The summed E-state index contributed by atoms with van der Waals surface area (Å²) in [7, 11) is -3.45. The largest absolute Gasteiger partial charge is 0.367 e. The van der Waals surface area contributed by atoms with Gasteiger partial charge in [-0.2, -0.15) is 0 Å². The molecule has 0 amide bonds. The number of nitrogens with zero attached hydrogens (tertiary/aromatic N) is 3. The predicted octanol–water partition coefficient (Wildman–Crippen LogP) is 4.11. The number of anilines is 2. The Morgan fingerprint density at radius 2 is 1.55 bits per heavy atom. The van der Waals surface area contributed by atoms with Crippen LogP contribution in [0.1, 0.15) is 44.1 Å². The molecule has 7 nitrogen and oxygen atoms in total. The summed E-state index contributed by atoms with van der Waals surface area (Å²) < 4.78 is 28.1. The van der Waals surface area contributed by atoms with Crippen molar-refractivity contribution in [3.63, 3.8) is 0 Å². The Labute approximate surface area is 195 Å². The molecule has 1 saturated carbocycles. The van der Waals surface area contributed by atoms with Crippen LogP contribution in [0.15, 0.2) is 53.4 Å². The van der Waals surface area contributed by atoms with Gasteiger partial charge < -0.3 is 10.2 Å². The van der Waals surface area contributed by atoms with Crippen LogP contribution in [0.4, 0.5) is 11.6 Å². The van der Waals surface area contributed by atoms with Gasteiger partial charge in [-0.3, -0.25) is 0 Å². The second kappa shape index (κ2) is 9.65.